The fourth-order valence-corrected chi connectivity index (χ4v) is 1.98. The summed E-state index contributed by atoms with van der Waals surface area (Å²) in [7, 11) is -2.18. The second kappa shape index (κ2) is 4.70. The van der Waals surface area contributed by atoms with Gasteiger partial charge in [0.25, 0.3) is 0 Å². The minimum absolute atomic E-state index is 0.510. The molecule has 0 radical (unpaired) electrons. The second-order valence-electron chi connectivity index (χ2n) is 3.26. The third kappa shape index (κ3) is 3.02. The summed E-state index contributed by atoms with van der Waals surface area (Å²) in [4.78, 5) is 8.72. The van der Waals surface area contributed by atoms with E-state index in [2.05, 4.69) is 12.2 Å². The first-order valence-corrected chi connectivity index (χ1v) is 5.54. The molecule has 12 heavy (non-hydrogen) atoms. The maximum atomic E-state index is 10.6. The quantitative estimate of drug-likeness (QED) is 0.524. The van der Waals surface area contributed by atoms with Gasteiger partial charge in [0.15, 0.2) is 0 Å². The standard InChI is InChI=1S/C8H14NO2P/c9-8(12(10)11)6-7-4-2-1-3-5-7/h1-2,7-8H,3-6,9H2/p+1. The minimum atomic E-state index is -2.18. The molecule has 1 rings (SSSR count). The van der Waals surface area contributed by atoms with Crippen molar-refractivity contribution in [2.24, 2.45) is 11.7 Å². The highest BCUT2D eigenvalue weighted by atomic mass is 31.1. The number of nitrogens with two attached hydrogens (primary N) is 1. The molecule has 0 amide bonds. The molecule has 3 N–H and O–H groups in total. The molecule has 0 aromatic heterocycles. The lowest BCUT2D eigenvalue weighted by molar-refractivity contribution is 0.416. The molecule has 3 nitrogen and oxygen atoms in total. The maximum absolute atomic E-state index is 10.6. The van der Waals surface area contributed by atoms with Crippen LogP contribution in [-0.4, -0.2) is 10.7 Å². The van der Waals surface area contributed by atoms with E-state index in [9.17, 15) is 4.57 Å². The van der Waals surface area contributed by atoms with E-state index in [1.165, 1.54) is 0 Å². The molecule has 0 aliphatic heterocycles. The van der Waals surface area contributed by atoms with Gasteiger partial charge in [-0.2, -0.15) is 4.89 Å². The smallest absolute Gasteiger partial charge is 0.285 e. The number of allylic oxidation sites excluding steroid dienone is 2. The lowest BCUT2D eigenvalue weighted by atomic mass is 9.91. The summed E-state index contributed by atoms with van der Waals surface area (Å²) < 4.78 is 10.6. The lowest BCUT2D eigenvalue weighted by Gasteiger charge is -2.16. The molecule has 3 unspecified atom stereocenters. The van der Waals surface area contributed by atoms with Crippen LogP contribution in [0, 0.1) is 5.92 Å². The van der Waals surface area contributed by atoms with E-state index in [1.54, 1.807) is 0 Å². The van der Waals surface area contributed by atoms with Crippen LogP contribution in [-0.2, 0) is 4.57 Å². The third-order valence-electron chi connectivity index (χ3n) is 2.24. The molecule has 0 bridgehead atoms. The van der Waals surface area contributed by atoms with Crippen LogP contribution >= 0.6 is 8.03 Å². The molecular formula is C8H15NO2P+. The highest BCUT2D eigenvalue weighted by molar-refractivity contribution is 7.38. The van der Waals surface area contributed by atoms with Gasteiger partial charge in [-0.3, -0.25) is 5.73 Å². The fraction of sp³-hybridized carbons (Fsp3) is 0.750. The molecular weight excluding hydrogens is 173 g/mol. The molecule has 0 fully saturated rings. The van der Waals surface area contributed by atoms with E-state index >= 15 is 0 Å². The van der Waals surface area contributed by atoms with E-state index in [1.807, 2.05) is 0 Å². The summed E-state index contributed by atoms with van der Waals surface area (Å²) in [5.74, 6) is -0.0207. The highest BCUT2D eigenvalue weighted by Gasteiger charge is 2.27. The predicted molar refractivity (Wildman–Crippen MR) is 48.9 cm³/mol. The van der Waals surface area contributed by atoms with Gasteiger partial charge in [-0.05, 0) is 29.7 Å². The fourth-order valence-electron chi connectivity index (χ4n) is 1.50. The minimum Gasteiger partial charge on any atom is -0.285 e. The van der Waals surface area contributed by atoms with Gasteiger partial charge in [0.1, 0.15) is 0 Å². The first-order chi connectivity index (χ1) is 5.70. The maximum Gasteiger partial charge on any atom is 0.524 e. The van der Waals surface area contributed by atoms with E-state index in [0.29, 0.717) is 12.3 Å². The van der Waals surface area contributed by atoms with Gasteiger partial charge < -0.3 is 0 Å². The molecule has 1 aliphatic rings. The van der Waals surface area contributed by atoms with Crippen molar-refractivity contribution in [3.63, 3.8) is 0 Å². The SMILES string of the molecule is NC(CC1CC=CCC1)[P+](=O)O. The Labute approximate surface area is 73.5 Å². The van der Waals surface area contributed by atoms with Crippen molar-refractivity contribution in [2.45, 2.75) is 31.5 Å². The summed E-state index contributed by atoms with van der Waals surface area (Å²) in [5.41, 5.74) is 5.49. The summed E-state index contributed by atoms with van der Waals surface area (Å²) >= 11 is 0. The predicted octanol–water partition coefficient (Wildman–Crippen LogP) is 1.75. The van der Waals surface area contributed by atoms with Crippen LogP contribution in [0.3, 0.4) is 0 Å². The molecule has 0 spiro atoms. The zero-order valence-electron chi connectivity index (χ0n) is 7.02. The molecule has 0 aromatic rings. The zero-order chi connectivity index (χ0) is 8.97. The zero-order valence-corrected chi connectivity index (χ0v) is 7.91. The van der Waals surface area contributed by atoms with Crippen molar-refractivity contribution < 1.29 is 9.46 Å². The molecule has 4 heteroatoms. The normalized spacial score (nSPS) is 26.8. The largest absolute Gasteiger partial charge is 0.524 e. The monoisotopic (exact) mass is 188 g/mol. The number of hydrogen-bond acceptors (Lipinski definition) is 2. The van der Waals surface area contributed by atoms with Gasteiger partial charge in [0.05, 0.1) is 0 Å². The lowest BCUT2D eigenvalue weighted by Crippen LogP contribution is -2.20. The Hall–Kier alpha value is -0.240. The molecule has 0 saturated carbocycles. The molecule has 0 heterocycles. The van der Waals surface area contributed by atoms with Gasteiger partial charge >= 0.3 is 8.03 Å². The number of rotatable bonds is 3. The van der Waals surface area contributed by atoms with Crippen LogP contribution in [0.4, 0.5) is 0 Å². The van der Waals surface area contributed by atoms with Crippen molar-refractivity contribution >= 4 is 8.03 Å². The summed E-state index contributed by atoms with van der Waals surface area (Å²) in [5, 5.41) is 0. The van der Waals surface area contributed by atoms with E-state index in [0.717, 1.165) is 19.3 Å². The van der Waals surface area contributed by atoms with Crippen molar-refractivity contribution in [1.29, 1.82) is 0 Å². The van der Waals surface area contributed by atoms with Crippen molar-refractivity contribution in [1.82, 2.24) is 0 Å². The average molecular weight is 188 g/mol. The molecule has 0 saturated heterocycles. The Balaban J connectivity index is 2.30. The van der Waals surface area contributed by atoms with Crippen LogP contribution < -0.4 is 5.73 Å². The molecule has 0 aromatic carbocycles. The highest BCUT2D eigenvalue weighted by Crippen LogP contribution is 2.29. The molecule has 1 aliphatic carbocycles. The number of hydrogen-bond donors (Lipinski definition) is 2. The first kappa shape index (κ1) is 9.85. The van der Waals surface area contributed by atoms with E-state index in [4.69, 9.17) is 10.6 Å². The summed E-state index contributed by atoms with van der Waals surface area (Å²) in [6.45, 7) is 0. The second-order valence-corrected chi connectivity index (χ2v) is 4.52. The third-order valence-corrected chi connectivity index (χ3v) is 3.01. The van der Waals surface area contributed by atoms with Gasteiger partial charge in [-0.15, -0.1) is 0 Å². The Bertz CT molecular complexity index is 193. The summed E-state index contributed by atoms with van der Waals surface area (Å²) in [6, 6.07) is 0. The Morgan fingerprint density at radius 2 is 2.42 bits per heavy atom. The van der Waals surface area contributed by atoms with Crippen molar-refractivity contribution in [3.05, 3.63) is 12.2 Å². The van der Waals surface area contributed by atoms with Gasteiger partial charge in [0.2, 0.25) is 5.78 Å². The Morgan fingerprint density at radius 3 is 2.92 bits per heavy atom. The Kier molecular flexibility index (Phi) is 3.86. The van der Waals surface area contributed by atoms with Crippen molar-refractivity contribution in [2.75, 3.05) is 0 Å². The Morgan fingerprint density at radius 1 is 1.67 bits per heavy atom. The van der Waals surface area contributed by atoms with Crippen LogP contribution in [0.15, 0.2) is 12.2 Å². The topological polar surface area (TPSA) is 63.3 Å². The average Bonchev–Trinajstić information content (AvgIpc) is 2.06. The van der Waals surface area contributed by atoms with E-state index in [-0.39, 0.29) is 0 Å². The summed E-state index contributed by atoms with van der Waals surface area (Å²) in [6.07, 6.45) is 8.16. The van der Waals surface area contributed by atoms with Crippen LogP contribution in [0.2, 0.25) is 0 Å². The van der Waals surface area contributed by atoms with E-state index < -0.39 is 13.8 Å². The molecule has 3 atom stereocenters. The first-order valence-electron chi connectivity index (χ1n) is 4.26. The van der Waals surface area contributed by atoms with Crippen molar-refractivity contribution in [3.8, 4) is 0 Å². The molecule has 68 valence electrons. The van der Waals surface area contributed by atoms with Crippen LogP contribution in [0.5, 0.6) is 0 Å². The van der Waals surface area contributed by atoms with Crippen LogP contribution in [0.1, 0.15) is 25.7 Å². The van der Waals surface area contributed by atoms with Gasteiger partial charge in [-0.25, -0.2) is 0 Å². The van der Waals surface area contributed by atoms with Gasteiger partial charge in [0, 0.05) is 6.42 Å². The van der Waals surface area contributed by atoms with Gasteiger partial charge in [-0.1, -0.05) is 12.2 Å². The van der Waals surface area contributed by atoms with Crippen LogP contribution in [0.25, 0.3) is 0 Å².